The normalized spacial score (nSPS) is 10.7. The SMILES string of the molecule is CN1C=CC(=C2N=NN=N2)C=C1.O=[N+]([O-])[O-].O=[N+]([O-])[O-].O=[N+]([O-])[O-].[Gd+3].[OH3+].[OH3+].[OH3+].[OH3+]. The second kappa shape index (κ2) is 27.2. The molecule has 12 N–H and O–H groups in total. The third-order valence-corrected chi connectivity index (χ3v) is 1.56. The van der Waals surface area contributed by atoms with Gasteiger partial charge in [-0.2, -0.15) is 0 Å². The number of rotatable bonds is 0. The molecule has 2 heterocycles. The number of allylic oxidation sites excluding steroid dienone is 3. The van der Waals surface area contributed by atoms with E-state index in [-0.39, 0.29) is 61.8 Å². The third kappa shape index (κ3) is 40.8. The second-order valence-electron chi connectivity index (χ2n) is 3.13. The molecule has 0 saturated heterocycles. The van der Waals surface area contributed by atoms with Gasteiger partial charge in [-0.25, -0.2) is 0 Å². The molecule has 0 unspecified atom stereocenters. The van der Waals surface area contributed by atoms with E-state index >= 15 is 0 Å². The van der Waals surface area contributed by atoms with Crippen molar-refractivity contribution in [3.8, 4) is 0 Å². The van der Waals surface area contributed by atoms with Crippen LogP contribution in [0.5, 0.6) is 0 Å². The first kappa shape index (κ1) is 45.0. The van der Waals surface area contributed by atoms with Crippen molar-refractivity contribution in [1.29, 1.82) is 0 Å². The van der Waals surface area contributed by atoms with Crippen LogP contribution in [0, 0.1) is 85.9 Å². The van der Waals surface area contributed by atoms with Gasteiger partial charge in [-0.3, -0.25) is 0 Å². The molecule has 21 nitrogen and oxygen atoms in total. The van der Waals surface area contributed by atoms with Crippen LogP contribution in [-0.2, 0) is 21.9 Å². The summed E-state index contributed by atoms with van der Waals surface area (Å²) in [5.41, 5.74) is 0.929. The molecule has 0 fully saturated rings. The summed E-state index contributed by atoms with van der Waals surface area (Å²) >= 11 is 0. The van der Waals surface area contributed by atoms with Gasteiger partial charge >= 0.3 is 39.9 Å². The zero-order valence-corrected chi connectivity index (χ0v) is 16.5. The van der Waals surface area contributed by atoms with E-state index in [1.807, 2.05) is 36.5 Å². The molecule has 0 aromatic carbocycles. The molecular weight excluding hydrogens is 561 g/mol. The Bertz CT molecular complexity index is 535. The molecule has 169 valence electrons. The van der Waals surface area contributed by atoms with Gasteiger partial charge in [-0.05, 0) is 22.6 Å². The first-order valence-corrected chi connectivity index (χ1v) is 5.15. The van der Waals surface area contributed by atoms with Crippen molar-refractivity contribution in [3.63, 3.8) is 0 Å². The average Bonchev–Trinajstić information content (AvgIpc) is 2.91. The van der Waals surface area contributed by atoms with Crippen LogP contribution in [-0.4, -0.2) is 27.2 Å². The Balaban J connectivity index is -0.0000000495. The van der Waals surface area contributed by atoms with Crippen molar-refractivity contribution in [2.75, 3.05) is 7.05 Å². The maximum Gasteiger partial charge on any atom is 3.00 e. The molecule has 2 rings (SSSR count). The van der Waals surface area contributed by atoms with Crippen LogP contribution in [0.25, 0.3) is 0 Å². The van der Waals surface area contributed by atoms with Crippen LogP contribution in [0.1, 0.15) is 0 Å². The molecule has 0 aromatic heterocycles. The smallest absolute Gasteiger partial charge is 0.457 e. The fraction of sp³-hybridized carbons (Fsp3) is 0.143. The summed E-state index contributed by atoms with van der Waals surface area (Å²) in [6, 6.07) is 0. The molecule has 29 heavy (non-hydrogen) atoms. The van der Waals surface area contributed by atoms with Gasteiger partial charge in [0, 0.05) is 25.0 Å². The quantitative estimate of drug-likeness (QED) is 0.166. The van der Waals surface area contributed by atoms with Crippen LogP contribution in [0.15, 0.2) is 56.6 Å². The summed E-state index contributed by atoms with van der Waals surface area (Å²) in [6.45, 7) is 0. The monoisotopic (exact) mass is 581 g/mol. The van der Waals surface area contributed by atoms with Crippen molar-refractivity contribution in [1.82, 2.24) is 4.90 Å². The molecule has 1 radical (unpaired) electrons. The Kier molecular flexibility index (Phi) is 42.2. The fourth-order valence-corrected chi connectivity index (χ4v) is 0.910. The van der Waals surface area contributed by atoms with E-state index < -0.39 is 15.3 Å². The summed E-state index contributed by atoms with van der Waals surface area (Å²) in [4.78, 5) is 26.7. The Morgan fingerprint density at radius 2 is 0.966 bits per heavy atom. The molecule has 2 aliphatic rings. The molecular formula is C7H19GdN8O13+4. The molecule has 0 amide bonds. The van der Waals surface area contributed by atoms with Gasteiger partial charge in [-0.1, -0.05) is 0 Å². The van der Waals surface area contributed by atoms with E-state index in [9.17, 15) is 0 Å². The summed E-state index contributed by atoms with van der Waals surface area (Å²) < 4.78 is 0. The fourth-order valence-electron chi connectivity index (χ4n) is 0.910. The van der Waals surface area contributed by atoms with Crippen LogP contribution in [0.3, 0.4) is 0 Å². The molecule has 2 aliphatic heterocycles. The van der Waals surface area contributed by atoms with Crippen molar-refractivity contribution in [2.24, 2.45) is 20.7 Å². The van der Waals surface area contributed by atoms with Gasteiger partial charge in [0.25, 0.3) is 0 Å². The van der Waals surface area contributed by atoms with Crippen molar-refractivity contribution >= 4 is 0 Å². The first-order valence-electron chi connectivity index (χ1n) is 5.15. The van der Waals surface area contributed by atoms with E-state index in [4.69, 9.17) is 46.0 Å². The maximum atomic E-state index is 8.25. The van der Waals surface area contributed by atoms with Crippen molar-refractivity contribution in [2.45, 2.75) is 0 Å². The molecule has 0 aliphatic carbocycles. The first-order chi connectivity index (χ1) is 11.1. The van der Waals surface area contributed by atoms with Crippen LogP contribution in [0.2, 0.25) is 0 Å². The predicted molar refractivity (Wildman–Crippen MR) is 93.4 cm³/mol. The van der Waals surface area contributed by atoms with E-state index in [0.717, 1.165) is 5.57 Å². The minimum Gasteiger partial charge on any atom is -0.457 e. The summed E-state index contributed by atoms with van der Waals surface area (Å²) in [6.07, 6.45) is 7.68. The van der Waals surface area contributed by atoms with Gasteiger partial charge in [0.1, 0.15) is 0 Å². The standard InChI is InChI=1S/C7H7N5.Gd.3NO3.4H2O/c1-12-4-2-6(3-5-12)7-8-10-11-9-7;;3*2-1(3)4;;;;/h2-5H,1H3;;;;;4*1H2/q;+3;3*-1;;;;/p+4. The average molecular weight is 581 g/mol. The summed E-state index contributed by atoms with van der Waals surface area (Å²) in [5.74, 6) is 0.565. The molecule has 0 atom stereocenters. The Labute approximate surface area is 191 Å². The maximum absolute atomic E-state index is 8.25. The molecule has 0 bridgehead atoms. The van der Waals surface area contributed by atoms with E-state index in [1.165, 1.54) is 0 Å². The molecule has 22 heteroatoms. The Morgan fingerprint density at radius 1 is 0.724 bits per heavy atom. The van der Waals surface area contributed by atoms with Gasteiger partial charge < -0.3 is 72.8 Å². The van der Waals surface area contributed by atoms with E-state index in [1.54, 1.807) is 0 Å². The number of nitrogens with zero attached hydrogens (tertiary/aromatic N) is 8. The zero-order chi connectivity index (χ0) is 19.1. The molecule has 0 aromatic rings. The zero-order valence-electron chi connectivity index (χ0n) is 14.2. The molecule has 0 saturated carbocycles. The topological polar surface area (TPSA) is 383 Å². The Morgan fingerprint density at radius 3 is 1.21 bits per heavy atom. The van der Waals surface area contributed by atoms with Crippen molar-refractivity contribution < 1.29 is 77.1 Å². The van der Waals surface area contributed by atoms with Gasteiger partial charge in [0.2, 0.25) is 5.82 Å². The largest absolute Gasteiger partial charge is 3.00 e. The van der Waals surface area contributed by atoms with Gasteiger partial charge in [0.05, 0.1) is 15.3 Å². The van der Waals surface area contributed by atoms with Crippen LogP contribution in [0.4, 0.5) is 0 Å². The molecule has 0 spiro atoms. The van der Waals surface area contributed by atoms with Crippen molar-refractivity contribution in [3.05, 3.63) is 81.9 Å². The van der Waals surface area contributed by atoms with Gasteiger partial charge in [0.15, 0.2) is 0 Å². The number of hydrogen-bond acceptors (Lipinski definition) is 14. The minimum absolute atomic E-state index is 0. The second-order valence-corrected chi connectivity index (χ2v) is 3.13. The Hall–Kier alpha value is -3.02. The third-order valence-electron chi connectivity index (χ3n) is 1.56. The van der Waals surface area contributed by atoms with Crippen LogP contribution < -0.4 is 0 Å². The van der Waals surface area contributed by atoms with E-state index in [2.05, 4.69) is 20.7 Å². The van der Waals surface area contributed by atoms with Crippen LogP contribution >= 0.6 is 0 Å². The van der Waals surface area contributed by atoms with Gasteiger partial charge in [-0.15, -0.1) is 10.2 Å². The summed E-state index contributed by atoms with van der Waals surface area (Å²) in [7, 11) is 1.95. The van der Waals surface area contributed by atoms with E-state index in [0.29, 0.717) is 5.82 Å². The predicted octanol–water partition coefficient (Wildman–Crippen LogP) is -2.40. The number of hydrogen-bond donors (Lipinski definition) is 0. The summed E-state index contributed by atoms with van der Waals surface area (Å²) in [5, 5.41) is 58.5. The minimum atomic E-state index is -1.75.